The molecule has 1 saturated heterocycles. The second-order valence-electron chi connectivity index (χ2n) is 8.20. The number of hydrogen-bond acceptors (Lipinski definition) is 7. The minimum atomic E-state index is -0.291. The summed E-state index contributed by atoms with van der Waals surface area (Å²) in [4.78, 5) is 43.4. The maximum absolute atomic E-state index is 12.5. The van der Waals surface area contributed by atoms with Crippen molar-refractivity contribution < 1.29 is 18.8 Å². The Labute approximate surface area is 201 Å². The minimum Gasteiger partial charge on any atom is -0.469 e. The number of amides is 3. The molecular weight excluding hydrogens is 454 g/mol. The van der Waals surface area contributed by atoms with E-state index in [1.165, 1.54) is 17.6 Å². The third kappa shape index (κ3) is 6.52. The molecule has 178 valence electrons. The average Bonchev–Trinajstić information content (AvgIpc) is 3.44. The highest BCUT2D eigenvalue weighted by Crippen LogP contribution is 2.19. The summed E-state index contributed by atoms with van der Waals surface area (Å²) in [7, 11) is 0. The predicted octanol–water partition coefficient (Wildman–Crippen LogP) is 3.06. The number of nitrogens with zero attached hydrogens (tertiary/aromatic N) is 2. The topological polar surface area (TPSA) is 117 Å². The Kier molecular flexibility index (Phi) is 7.71. The average molecular weight is 482 g/mol. The van der Waals surface area contributed by atoms with Crippen molar-refractivity contribution in [3.05, 3.63) is 65.1 Å². The Morgan fingerprint density at radius 1 is 1.09 bits per heavy atom. The van der Waals surface area contributed by atoms with Gasteiger partial charge in [-0.3, -0.25) is 24.6 Å². The molecule has 0 aliphatic carbocycles. The van der Waals surface area contributed by atoms with Crippen LogP contribution >= 0.6 is 11.3 Å². The summed E-state index contributed by atoms with van der Waals surface area (Å²) < 4.78 is 5.15. The highest BCUT2D eigenvalue weighted by atomic mass is 32.1. The molecule has 3 N–H and O–H groups in total. The smallest absolute Gasteiger partial charge is 0.260 e. The van der Waals surface area contributed by atoms with Crippen molar-refractivity contribution in [1.29, 1.82) is 0 Å². The van der Waals surface area contributed by atoms with Crippen molar-refractivity contribution in [2.75, 3.05) is 30.3 Å². The second-order valence-corrected chi connectivity index (χ2v) is 9.06. The van der Waals surface area contributed by atoms with Gasteiger partial charge in [0.15, 0.2) is 5.13 Å². The van der Waals surface area contributed by atoms with E-state index in [0.29, 0.717) is 28.7 Å². The van der Waals surface area contributed by atoms with Gasteiger partial charge >= 0.3 is 0 Å². The number of furan rings is 1. The maximum Gasteiger partial charge on any atom is 0.260 e. The van der Waals surface area contributed by atoms with E-state index in [4.69, 9.17) is 4.42 Å². The molecule has 0 bridgehead atoms. The van der Waals surface area contributed by atoms with Gasteiger partial charge in [0.2, 0.25) is 11.8 Å². The number of nitrogens with one attached hydrogen (secondary N) is 3. The zero-order valence-corrected chi connectivity index (χ0v) is 19.7. The van der Waals surface area contributed by atoms with Crippen LogP contribution < -0.4 is 16.0 Å². The lowest BCUT2D eigenvalue weighted by Crippen LogP contribution is -2.46. The monoisotopic (exact) mass is 481 g/mol. The fourth-order valence-electron chi connectivity index (χ4n) is 3.83. The van der Waals surface area contributed by atoms with Gasteiger partial charge in [-0.25, -0.2) is 4.98 Å². The normalized spacial score (nSPS) is 14.5. The first kappa shape index (κ1) is 23.7. The number of aryl methyl sites for hydroxylation is 1. The van der Waals surface area contributed by atoms with E-state index in [1.807, 2.05) is 30.3 Å². The van der Waals surface area contributed by atoms with Crippen LogP contribution in [-0.4, -0.2) is 53.3 Å². The van der Waals surface area contributed by atoms with E-state index in [0.717, 1.165) is 31.6 Å². The van der Waals surface area contributed by atoms with E-state index < -0.39 is 0 Å². The van der Waals surface area contributed by atoms with Gasteiger partial charge in [-0.1, -0.05) is 18.2 Å². The summed E-state index contributed by atoms with van der Waals surface area (Å²) in [6.07, 6.45) is 3.18. The lowest BCUT2D eigenvalue weighted by Gasteiger charge is -2.31. The highest BCUT2D eigenvalue weighted by molar-refractivity contribution is 7.14. The molecule has 1 aromatic carbocycles. The fourth-order valence-corrected chi connectivity index (χ4v) is 4.54. The van der Waals surface area contributed by atoms with Gasteiger partial charge in [0.05, 0.1) is 30.5 Å². The molecule has 0 spiro atoms. The Balaban J connectivity index is 1.17. The summed E-state index contributed by atoms with van der Waals surface area (Å²) >= 11 is 1.28. The van der Waals surface area contributed by atoms with Crippen molar-refractivity contribution in [3.63, 3.8) is 0 Å². The van der Waals surface area contributed by atoms with Crippen molar-refractivity contribution in [1.82, 2.24) is 15.2 Å². The lowest BCUT2D eigenvalue weighted by molar-refractivity contribution is -0.122. The van der Waals surface area contributed by atoms with Crippen LogP contribution in [0.15, 0.2) is 52.5 Å². The number of anilines is 2. The van der Waals surface area contributed by atoms with Gasteiger partial charge in [-0.15, -0.1) is 11.3 Å². The molecule has 3 aromatic rings. The van der Waals surface area contributed by atoms with Crippen LogP contribution in [0.25, 0.3) is 0 Å². The first-order valence-corrected chi connectivity index (χ1v) is 12.0. The molecule has 3 heterocycles. The standard InChI is InChI=1S/C24H27N5O4S/c1-16-20(9-12-33-16)23(32)28-24-27-19(15-34-24)13-21(30)25-18-7-10-29(11-8-18)14-22(31)26-17-5-3-2-4-6-17/h2-6,9,12,15,18H,7-8,10-11,13-14H2,1H3,(H,25,30)(H,26,31)(H,27,28,32). The van der Waals surface area contributed by atoms with Gasteiger partial charge in [0, 0.05) is 30.2 Å². The maximum atomic E-state index is 12.5. The van der Waals surface area contributed by atoms with Crippen molar-refractivity contribution in [3.8, 4) is 0 Å². The molecule has 10 heteroatoms. The number of benzene rings is 1. The Morgan fingerprint density at radius 3 is 2.56 bits per heavy atom. The number of carbonyl (C=O) groups excluding carboxylic acids is 3. The molecular formula is C24H27N5O4S. The molecule has 1 fully saturated rings. The number of hydrogen-bond donors (Lipinski definition) is 3. The van der Waals surface area contributed by atoms with Crippen LogP contribution in [0.4, 0.5) is 10.8 Å². The van der Waals surface area contributed by atoms with Crippen molar-refractivity contribution in [2.24, 2.45) is 0 Å². The van der Waals surface area contributed by atoms with Crippen LogP contribution in [0.3, 0.4) is 0 Å². The fraction of sp³-hybridized carbons (Fsp3) is 0.333. The highest BCUT2D eigenvalue weighted by Gasteiger charge is 2.22. The zero-order chi connectivity index (χ0) is 23.9. The van der Waals surface area contributed by atoms with Crippen LogP contribution in [0.5, 0.6) is 0 Å². The summed E-state index contributed by atoms with van der Waals surface area (Å²) in [5, 5.41) is 10.9. The van der Waals surface area contributed by atoms with Gasteiger partial charge in [-0.05, 0) is 38.0 Å². The summed E-state index contributed by atoms with van der Waals surface area (Å²) in [5.74, 6) is 0.106. The molecule has 2 aromatic heterocycles. The molecule has 9 nitrogen and oxygen atoms in total. The van der Waals surface area contributed by atoms with Crippen LogP contribution in [0, 0.1) is 6.92 Å². The third-order valence-corrected chi connectivity index (χ3v) is 6.40. The largest absolute Gasteiger partial charge is 0.469 e. The van der Waals surface area contributed by atoms with Crippen LogP contribution in [0.1, 0.15) is 34.7 Å². The van der Waals surface area contributed by atoms with Crippen molar-refractivity contribution in [2.45, 2.75) is 32.2 Å². The summed E-state index contributed by atoms with van der Waals surface area (Å²) in [5.41, 5.74) is 1.85. The Hall–Kier alpha value is -3.50. The van der Waals surface area contributed by atoms with E-state index in [-0.39, 0.29) is 30.2 Å². The molecule has 3 amide bonds. The van der Waals surface area contributed by atoms with Gasteiger partial charge in [-0.2, -0.15) is 0 Å². The minimum absolute atomic E-state index is 0.0388. The third-order valence-electron chi connectivity index (χ3n) is 5.59. The predicted molar refractivity (Wildman–Crippen MR) is 130 cm³/mol. The van der Waals surface area contributed by atoms with Crippen LogP contribution in [-0.2, 0) is 16.0 Å². The number of likely N-dealkylation sites (tertiary alicyclic amines) is 1. The molecule has 0 atom stereocenters. The van der Waals surface area contributed by atoms with Crippen LogP contribution in [0.2, 0.25) is 0 Å². The number of carbonyl (C=O) groups is 3. The number of para-hydroxylation sites is 1. The van der Waals surface area contributed by atoms with E-state index in [1.54, 1.807) is 18.4 Å². The Bertz CT molecular complexity index is 1140. The molecule has 0 radical (unpaired) electrons. The van der Waals surface area contributed by atoms with E-state index in [2.05, 4.69) is 25.8 Å². The number of aromatic nitrogens is 1. The van der Waals surface area contributed by atoms with E-state index in [9.17, 15) is 14.4 Å². The quantitative estimate of drug-likeness (QED) is 0.455. The number of thiazole rings is 1. The van der Waals surface area contributed by atoms with Gasteiger partial charge < -0.3 is 15.1 Å². The molecule has 1 aliphatic rings. The molecule has 0 unspecified atom stereocenters. The molecule has 34 heavy (non-hydrogen) atoms. The number of rotatable bonds is 8. The van der Waals surface area contributed by atoms with Gasteiger partial charge in [0.1, 0.15) is 5.76 Å². The lowest BCUT2D eigenvalue weighted by atomic mass is 10.0. The Morgan fingerprint density at radius 2 is 1.85 bits per heavy atom. The van der Waals surface area contributed by atoms with Crippen molar-refractivity contribution >= 4 is 39.9 Å². The molecule has 1 aliphatic heterocycles. The summed E-state index contributed by atoms with van der Waals surface area (Å²) in [6.45, 7) is 3.54. The van der Waals surface area contributed by atoms with E-state index >= 15 is 0 Å². The SMILES string of the molecule is Cc1occc1C(=O)Nc1nc(CC(=O)NC2CCN(CC(=O)Nc3ccccc3)CC2)cs1. The summed E-state index contributed by atoms with van der Waals surface area (Å²) in [6, 6.07) is 11.1. The van der Waals surface area contributed by atoms with Gasteiger partial charge in [0.25, 0.3) is 5.91 Å². The molecule has 4 rings (SSSR count). The first-order valence-electron chi connectivity index (χ1n) is 11.1. The first-order chi connectivity index (χ1) is 16.5. The zero-order valence-electron chi connectivity index (χ0n) is 18.9. The number of piperidine rings is 1. The second kappa shape index (κ2) is 11.1. The molecule has 0 saturated carbocycles.